The van der Waals surface area contributed by atoms with E-state index in [0.717, 1.165) is 11.5 Å². The number of hydrogen-bond donors (Lipinski definition) is 1. The van der Waals surface area contributed by atoms with Gasteiger partial charge in [-0.1, -0.05) is 26.7 Å². The Morgan fingerprint density at radius 2 is 1.94 bits per heavy atom. The largest absolute Gasteiger partial charge is 0.351 e. The van der Waals surface area contributed by atoms with Crippen LogP contribution in [-0.4, -0.2) is 16.0 Å². The van der Waals surface area contributed by atoms with Crippen molar-refractivity contribution in [2.24, 2.45) is 5.41 Å². The molecular formula is C13H21N3. The first-order valence-electron chi connectivity index (χ1n) is 6.13. The third-order valence-corrected chi connectivity index (χ3v) is 3.59. The van der Waals surface area contributed by atoms with Crippen LogP contribution in [0.3, 0.4) is 0 Å². The highest BCUT2D eigenvalue weighted by Gasteiger charge is 2.32. The molecular weight excluding hydrogens is 198 g/mol. The summed E-state index contributed by atoms with van der Waals surface area (Å²) < 4.78 is 0. The average molecular weight is 219 g/mol. The van der Waals surface area contributed by atoms with Gasteiger partial charge in [-0.3, -0.25) is 0 Å². The van der Waals surface area contributed by atoms with Crippen LogP contribution in [0.1, 0.15) is 45.1 Å². The van der Waals surface area contributed by atoms with Crippen LogP contribution in [-0.2, 0) is 0 Å². The first kappa shape index (κ1) is 11.4. The van der Waals surface area contributed by atoms with Gasteiger partial charge in [-0.25, -0.2) is 9.97 Å². The van der Waals surface area contributed by atoms with E-state index in [1.807, 2.05) is 19.3 Å². The fraction of sp³-hybridized carbons (Fsp3) is 0.692. The number of aryl methyl sites for hydroxylation is 1. The van der Waals surface area contributed by atoms with Crippen molar-refractivity contribution in [3.8, 4) is 0 Å². The molecule has 1 heterocycles. The molecule has 88 valence electrons. The lowest BCUT2D eigenvalue weighted by atomic mass is 9.73. The zero-order valence-electron chi connectivity index (χ0n) is 10.5. The molecule has 1 saturated carbocycles. The molecule has 1 aliphatic rings. The van der Waals surface area contributed by atoms with Crippen molar-refractivity contribution in [1.29, 1.82) is 0 Å². The highest BCUT2D eigenvalue weighted by atomic mass is 15.1. The Labute approximate surface area is 97.7 Å². The molecule has 3 heteroatoms. The molecule has 0 amide bonds. The van der Waals surface area contributed by atoms with E-state index in [1.165, 1.54) is 25.7 Å². The smallest absolute Gasteiger partial charge is 0.222 e. The summed E-state index contributed by atoms with van der Waals surface area (Å²) in [4.78, 5) is 8.63. The van der Waals surface area contributed by atoms with Gasteiger partial charge in [0.2, 0.25) is 5.95 Å². The second-order valence-electron chi connectivity index (χ2n) is 5.52. The third kappa shape index (κ3) is 2.52. The minimum Gasteiger partial charge on any atom is -0.351 e. The van der Waals surface area contributed by atoms with Gasteiger partial charge in [0.05, 0.1) is 0 Å². The van der Waals surface area contributed by atoms with Crippen LogP contribution in [0.2, 0.25) is 0 Å². The maximum Gasteiger partial charge on any atom is 0.222 e. The van der Waals surface area contributed by atoms with E-state index in [9.17, 15) is 0 Å². The molecule has 1 aliphatic carbocycles. The molecule has 0 bridgehead atoms. The monoisotopic (exact) mass is 219 g/mol. The Morgan fingerprint density at radius 1 is 1.25 bits per heavy atom. The maximum absolute atomic E-state index is 4.32. The zero-order valence-corrected chi connectivity index (χ0v) is 10.5. The van der Waals surface area contributed by atoms with Crippen molar-refractivity contribution in [2.45, 2.75) is 52.5 Å². The van der Waals surface area contributed by atoms with Gasteiger partial charge in [-0.05, 0) is 30.7 Å². The van der Waals surface area contributed by atoms with E-state index in [1.54, 1.807) is 0 Å². The van der Waals surface area contributed by atoms with Gasteiger partial charge >= 0.3 is 0 Å². The Kier molecular flexibility index (Phi) is 3.13. The van der Waals surface area contributed by atoms with Crippen LogP contribution in [0.4, 0.5) is 5.95 Å². The van der Waals surface area contributed by atoms with Gasteiger partial charge in [0.25, 0.3) is 0 Å². The normalized spacial score (nSPS) is 24.1. The van der Waals surface area contributed by atoms with E-state index in [0.29, 0.717) is 11.5 Å². The topological polar surface area (TPSA) is 37.8 Å². The number of hydrogen-bond acceptors (Lipinski definition) is 3. The molecule has 0 saturated heterocycles. The Bertz CT molecular complexity index is 343. The van der Waals surface area contributed by atoms with E-state index in [-0.39, 0.29) is 0 Å². The summed E-state index contributed by atoms with van der Waals surface area (Å²) in [5.74, 6) is 0.769. The molecule has 1 N–H and O–H groups in total. The predicted molar refractivity (Wildman–Crippen MR) is 66.4 cm³/mol. The highest BCUT2D eigenvalue weighted by molar-refractivity contribution is 5.27. The lowest BCUT2D eigenvalue weighted by Crippen LogP contribution is -2.39. The van der Waals surface area contributed by atoms with Crippen molar-refractivity contribution in [3.63, 3.8) is 0 Å². The highest BCUT2D eigenvalue weighted by Crippen LogP contribution is 2.36. The minimum absolute atomic E-state index is 0.354. The molecule has 3 nitrogen and oxygen atoms in total. The molecule has 0 radical (unpaired) electrons. The van der Waals surface area contributed by atoms with Crippen LogP contribution in [0.5, 0.6) is 0 Å². The van der Waals surface area contributed by atoms with Gasteiger partial charge < -0.3 is 5.32 Å². The summed E-state index contributed by atoms with van der Waals surface area (Å²) in [5, 5.41) is 3.48. The lowest BCUT2D eigenvalue weighted by molar-refractivity contribution is 0.216. The number of rotatable bonds is 2. The number of anilines is 1. The first-order valence-corrected chi connectivity index (χ1v) is 6.13. The molecule has 0 aromatic carbocycles. The Hall–Kier alpha value is -1.12. The van der Waals surface area contributed by atoms with Crippen LogP contribution < -0.4 is 5.32 Å². The Morgan fingerprint density at radius 3 is 2.56 bits per heavy atom. The van der Waals surface area contributed by atoms with Crippen molar-refractivity contribution < 1.29 is 0 Å². The SMILES string of the molecule is Cc1cnc(NC2CCCCC2(C)C)nc1. The van der Waals surface area contributed by atoms with Crippen molar-refractivity contribution in [3.05, 3.63) is 18.0 Å². The molecule has 1 atom stereocenters. The molecule has 1 unspecified atom stereocenters. The molecule has 1 aromatic heterocycles. The quantitative estimate of drug-likeness (QED) is 0.830. The number of nitrogens with one attached hydrogen (secondary N) is 1. The molecule has 0 aliphatic heterocycles. The third-order valence-electron chi connectivity index (χ3n) is 3.59. The van der Waals surface area contributed by atoms with E-state index in [4.69, 9.17) is 0 Å². The van der Waals surface area contributed by atoms with Gasteiger partial charge in [-0.2, -0.15) is 0 Å². The van der Waals surface area contributed by atoms with Crippen LogP contribution in [0.25, 0.3) is 0 Å². The van der Waals surface area contributed by atoms with E-state index >= 15 is 0 Å². The minimum atomic E-state index is 0.354. The zero-order chi connectivity index (χ0) is 11.6. The maximum atomic E-state index is 4.32. The van der Waals surface area contributed by atoms with Crippen LogP contribution in [0, 0.1) is 12.3 Å². The first-order chi connectivity index (χ1) is 7.58. The lowest BCUT2D eigenvalue weighted by Gasteiger charge is -2.39. The summed E-state index contributed by atoms with van der Waals surface area (Å²) in [7, 11) is 0. The van der Waals surface area contributed by atoms with Crippen LogP contribution >= 0.6 is 0 Å². The second kappa shape index (κ2) is 4.40. The second-order valence-corrected chi connectivity index (χ2v) is 5.52. The Balaban J connectivity index is 2.05. The standard InChI is InChI=1S/C13H21N3/c1-10-8-14-12(15-9-10)16-11-6-4-5-7-13(11,2)3/h8-9,11H,4-7H2,1-3H3,(H,14,15,16). The summed E-state index contributed by atoms with van der Waals surface area (Å²) in [6.45, 7) is 6.67. The van der Waals surface area contributed by atoms with Crippen LogP contribution in [0.15, 0.2) is 12.4 Å². The fourth-order valence-corrected chi connectivity index (χ4v) is 2.38. The van der Waals surface area contributed by atoms with E-state index < -0.39 is 0 Å². The molecule has 2 rings (SSSR count). The average Bonchev–Trinajstić information content (AvgIpc) is 2.24. The van der Waals surface area contributed by atoms with Gasteiger partial charge in [0.1, 0.15) is 0 Å². The van der Waals surface area contributed by atoms with Gasteiger partial charge in [-0.15, -0.1) is 0 Å². The summed E-state index contributed by atoms with van der Waals surface area (Å²) in [6.07, 6.45) is 8.91. The van der Waals surface area contributed by atoms with Crippen molar-refractivity contribution in [1.82, 2.24) is 9.97 Å². The molecule has 0 spiro atoms. The van der Waals surface area contributed by atoms with Crippen molar-refractivity contribution >= 4 is 5.95 Å². The van der Waals surface area contributed by atoms with Gasteiger partial charge in [0.15, 0.2) is 0 Å². The van der Waals surface area contributed by atoms with Gasteiger partial charge in [0, 0.05) is 18.4 Å². The molecule has 1 aromatic rings. The summed E-state index contributed by atoms with van der Waals surface area (Å²) >= 11 is 0. The summed E-state index contributed by atoms with van der Waals surface area (Å²) in [6, 6.07) is 0.504. The molecule has 16 heavy (non-hydrogen) atoms. The predicted octanol–water partition coefficient (Wildman–Crippen LogP) is 3.17. The van der Waals surface area contributed by atoms with Crippen molar-refractivity contribution in [2.75, 3.05) is 5.32 Å². The number of nitrogens with zero attached hydrogens (tertiary/aromatic N) is 2. The fourth-order valence-electron chi connectivity index (χ4n) is 2.38. The molecule has 1 fully saturated rings. The van der Waals surface area contributed by atoms with E-state index in [2.05, 4.69) is 29.1 Å². The summed E-state index contributed by atoms with van der Waals surface area (Å²) in [5.41, 5.74) is 1.46. The number of aromatic nitrogens is 2.